The lowest BCUT2D eigenvalue weighted by molar-refractivity contribution is -0.142. The zero-order chi connectivity index (χ0) is 14.4. The number of carboxylic acid groups (broad SMARTS) is 1. The maximum Gasteiger partial charge on any atom is 0.317 e. The molecule has 0 aromatic heterocycles. The number of hydrogen-bond donors (Lipinski definition) is 2. The average Bonchev–Trinajstić information content (AvgIpc) is 2.83. The molecule has 0 aliphatic heterocycles. The van der Waals surface area contributed by atoms with E-state index in [4.69, 9.17) is 9.84 Å². The van der Waals surface area contributed by atoms with E-state index in [1.165, 1.54) is 0 Å². The Kier molecular flexibility index (Phi) is 6.08. The number of aliphatic carboxylic acids is 1. The van der Waals surface area contributed by atoms with Crippen molar-refractivity contribution in [2.45, 2.75) is 32.2 Å². The third-order valence-corrected chi connectivity index (χ3v) is 3.88. The van der Waals surface area contributed by atoms with Gasteiger partial charge in [0.2, 0.25) is 0 Å². The molecule has 19 heavy (non-hydrogen) atoms. The van der Waals surface area contributed by atoms with Gasteiger partial charge in [-0.3, -0.25) is 4.79 Å². The minimum Gasteiger partial charge on any atom is -0.481 e. The van der Waals surface area contributed by atoms with E-state index < -0.39 is 5.97 Å². The molecule has 0 saturated heterocycles. The summed E-state index contributed by atoms with van der Waals surface area (Å²) in [6.07, 6.45) is 2.51. The maximum absolute atomic E-state index is 11.9. The molecule has 1 saturated carbocycles. The second-order valence-electron chi connectivity index (χ2n) is 5.24. The normalized spacial score (nSPS) is 23.9. The quantitative estimate of drug-likeness (QED) is 0.760. The lowest BCUT2D eigenvalue weighted by Gasteiger charge is -2.26. The number of carbonyl (C=O) groups is 2. The standard InChI is InChI=1S/C13H24N2O4/c1-9(8-19-3)15(2)13(18)14-7-10-5-4-6-11(10)12(16)17/h9-11H,4-8H2,1-3H3,(H,14,18)(H,16,17). The number of nitrogens with one attached hydrogen (secondary N) is 1. The van der Waals surface area contributed by atoms with Crippen LogP contribution in [0, 0.1) is 11.8 Å². The van der Waals surface area contributed by atoms with Gasteiger partial charge in [0.05, 0.1) is 18.6 Å². The molecule has 2 N–H and O–H groups in total. The number of rotatable bonds is 6. The van der Waals surface area contributed by atoms with Gasteiger partial charge in [-0.15, -0.1) is 0 Å². The van der Waals surface area contributed by atoms with E-state index in [1.807, 2.05) is 6.92 Å². The Morgan fingerprint density at radius 3 is 2.74 bits per heavy atom. The van der Waals surface area contributed by atoms with E-state index in [-0.39, 0.29) is 23.9 Å². The van der Waals surface area contributed by atoms with Crippen LogP contribution in [0.15, 0.2) is 0 Å². The predicted octanol–water partition coefficient (Wildman–Crippen LogP) is 1.16. The Morgan fingerprint density at radius 1 is 1.47 bits per heavy atom. The van der Waals surface area contributed by atoms with Crippen LogP contribution >= 0.6 is 0 Å². The molecule has 110 valence electrons. The van der Waals surface area contributed by atoms with E-state index in [0.29, 0.717) is 19.6 Å². The fourth-order valence-corrected chi connectivity index (χ4v) is 2.50. The lowest BCUT2D eigenvalue weighted by atomic mass is 9.96. The number of carboxylic acids is 1. The SMILES string of the molecule is COCC(C)N(C)C(=O)NCC1CCCC1C(=O)O. The summed E-state index contributed by atoms with van der Waals surface area (Å²) in [5.41, 5.74) is 0. The van der Waals surface area contributed by atoms with Gasteiger partial charge in [0.15, 0.2) is 0 Å². The molecule has 2 amide bonds. The molecule has 0 heterocycles. The zero-order valence-corrected chi connectivity index (χ0v) is 11.9. The average molecular weight is 272 g/mol. The molecule has 1 aliphatic carbocycles. The number of ether oxygens (including phenoxy) is 1. The molecule has 0 aromatic rings. The van der Waals surface area contributed by atoms with Crippen LogP contribution in [0.1, 0.15) is 26.2 Å². The first-order chi connectivity index (χ1) is 8.97. The van der Waals surface area contributed by atoms with E-state index in [2.05, 4.69) is 5.32 Å². The van der Waals surface area contributed by atoms with Gasteiger partial charge in [-0.05, 0) is 25.7 Å². The first-order valence-electron chi connectivity index (χ1n) is 6.69. The molecule has 1 aliphatic rings. The number of urea groups is 1. The second kappa shape index (κ2) is 7.33. The summed E-state index contributed by atoms with van der Waals surface area (Å²) in [6.45, 7) is 2.81. The van der Waals surface area contributed by atoms with Crippen molar-refractivity contribution in [2.75, 3.05) is 27.3 Å². The van der Waals surface area contributed by atoms with E-state index >= 15 is 0 Å². The summed E-state index contributed by atoms with van der Waals surface area (Å²) >= 11 is 0. The van der Waals surface area contributed by atoms with E-state index in [0.717, 1.165) is 12.8 Å². The molecule has 0 radical (unpaired) electrons. The molecule has 1 fully saturated rings. The van der Waals surface area contributed by atoms with Crippen molar-refractivity contribution in [3.8, 4) is 0 Å². The number of hydrogen-bond acceptors (Lipinski definition) is 3. The summed E-state index contributed by atoms with van der Waals surface area (Å²) < 4.78 is 5.00. The van der Waals surface area contributed by atoms with Gasteiger partial charge in [-0.2, -0.15) is 0 Å². The van der Waals surface area contributed by atoms with Crippen LogP contribution in [0.5, 0.6) is 0 Å². The summed E-state index contributed by atoms with van der Waals surface area (Å²) in [4.78, 5) is 24.5. The highest BCUT2D eigenvalue weighted by Crippen LogP contribution is 2.31. The summed E-state index contributed by atoms with van der Waals surface area (Å²) in [6, 6.07) is -0.190. The van der Waals surface area contributed by atoms with Crippen LogP contribution in [0.25, 0.3) is 0 Å². The van der Waals surface area contributed by atoms with E-state index in [1.54, 1.807) is 19.1 Å². The Morgan fingerprint density at radius 2 is 2.16 bits per heavy atom. The molecule has 6 nitrogen and oxygen atoms in total. The minimum atomic E-state index is -0.752. The highest BCUT2D eigenvalue weighted by molar-refractivity contribution is 5.74. The molecule has 6 heteroatoms. The first-order valence-corrected chi connectivity index (χ1v) is 6.69. The fourth-order valence-electron chi connectivity index (χ4n) is 2.50. The van der Waals surface area contributed by atoms with Crippen LogP contribution in [0.2, 0.25) is 0 Å². The topological polar surface area (TPSA) is 78.9 Å². The zero-order valence-electron chi connectivity index (χ0n) is 11.9. The Bertz CT molecular complexity index is 322. The number of likely N-dealkylation sites (N-methyl/N-ethyl adjacent to an activating group) is 1. The second-order valence-corrected chi connectivity index (χ2v) is 5.24. The monoisotopic (exact) mass is 272 g/mol. The summed E-state index contributed by atoms with van der Waals surface area (Å²) in [7, 11) is 3.31. The Balaban J connectivity index is 2.39. The highest BCUT2D eigenvalue weighted by Gasteiger charge is 2.33. The number of carbonyl (C=O) groups excluding carboxylic acids is 1. The molecular weight excluding hydrogens is 248 g/mol. The Hall–Kier alpha value is -1.30. The summed E-state index contributed by atoms with van der Waals surface area (Å²) in [5, 5.41) is 11.9. The van der Waals surface area contributed by atoms with Crippen molar-refractivity contribution >= 4 is 12.0 Å². The molecule has 0 spiro atoms. The third-order valence-electron chi connectivity index (χ3n) is 3.88. The third kappa shape index (κ3) is 4.38. The van der Waals surface area contributed by atoms with Crippen molar-refractivity contribution in [2.24, 2.45) is 11.8 Å². The number of amides is 2. The van der Waals surface area contributed by atoms with Crippen LogP contribution in [0.4, 0.5) is 4.79 Å². The molecule has 3 atom stereocenters. The van der Waals surface area contributed by atoms with Crippen LogP contribution in [-0.2, 0) is 9.53 Å². The van der Waals surface area contributed by atoms with Crippen molar-refractivity contribution in [1.29, 1.82) is 0 Å². The molecule has 3 unspecified atom stereocenters. The predicted molar refractivity (Wildman–Crippen MR) is 71.0 cm³/mol. The Labute approximate surface area is 114 Å². The van der Waals surface area contributed by atoms with Crippen molar-refractivity contribution in [3.63, 3.8) is 0 Å². The van der Waals surface area contributed by atoms with Gasteiger partial charge in [-0.1, -0.05) is 6.42 Å². The van der Waals surface area contributed by atoms with E-state index in [9.17, 15) is 9.59 Å². The van der Waals surface area contributed by atoms with Crippen molar-refractivity contribution < 1.29 is 19.4 Å². The van der Waals surface area contributed by atoms with Crippen molar-refractivity contribution in [3.05, 3.63) is 0 Å². The number of methoxy groups -OCH3 is 1. The van der Waals surface area contributed by atoms with Gasteiger partial charge >= 0.3 is 12.0 Å². The summed E-state index contributed by atoms with van der Waals surface area (Å²) in [5.74, 6) is -1.02. The fraction of sp³-hybridized carbons (Fsp3) is 0.846. The van der Waals surface area contributed by atoms with Gasteiger partial charge < -0.3 is 20.1 Å². The number of nitrogens with zero attached hydrogens (tertiary/aromatic N) is 1. The smallest absolute Gasteiger partial charge is 0.317 e. The van der Waals surface area contributed by atoms with Crippen LogP contribution < -0.4 is 5.32 Å². The minimum absolute atomic E-state index is 0.0103. The van der Waals surface area contributed by atoms with Crippen LogP contribution in [-0.4, -0.2) is 55.4 Å². The molecule has 1 rings (SSSR count). The molecule has 0 bridgehead atoms. The van der Waals surface area contributed by atoms with Gasteiger partial charge in [0.25, 0.3) is 0 Å². The van der Waals surface area contributed by atoms with Gasteiger partial charge in [0, 0.05) is 20.7 Å². The maximum atomic E-state index is 11.9. The van der Waals surface area contributed by atoms with Crippen molar-refractivity contribution in [1.82, 2.24) is 10.2 Å². The molecule has 0 aromatic carbocycles. The lowest BCUT2D eigenvalue weighted by Crippen LogP contribution is -2.46. The van der Waals surface area contributed by atoms with Gasteiger partial charge in [0.1, 0.15) is 0 Å². The largest absolute Gasteiger partial charge is 0.481 e. The van der Waals surface area contributed by atoms with Gasteiger partial charge in [-0.25, -0.2) is 4.79 Å². The highest BCUT2D eigenvalue weighted by atomic mass is 16.5. The first kappa shape index (κ1) is 15.8. The molecular formula is C13H24N2O4. The van der Waals surface area contributed by atoms with Crippen LogP contribution in [0.3, 0.4) is 0 Å².